The van der Waals surface area contributed by atoms with Gasteiger partial charge in [0.15, 0.2) is 0 Å². The second kappa shape index (κ2) is 8.63. The molecule has 5 nitrogen and oxygen atoms in total. The Kier molecular flexibility index (Phi) is 5.58. The number of nitrogens with zero attached hydrogens (tertiary/aromatic N) is 2. The van der Waals surface area contributed by atoms with Gasteiger partial charge >= 0.3 is 0 Å². The predicted molar refractivity (Wildman–Crippen MR) is 112 cm³/mol. The van der Waals surface area contributed by atoms with E-state index in [1.54, 1.807) is 17.4 Å². The highest BCUT2D eigenvalue weighted by Gasteiger charge is 2.07. The van der Waals surface area contributed by atoms with E-state index >= 15 is 0 Å². The minimum atomic E-state index is -0.0286. The molecule has 0 spiro atoms. The van der Waals surface area contributed by atoms with Crippen molar-refractivity contribution in [2.75, 3.05) is 13.2 Å². The number of aromatic nitrogens is 2. The van der Waals surface area contributed by atoms with Gasteiger partial charge < -0.3 is 10.1 Å². The molecule has 0 aliphatic carbocycles. The van der Waals surface area contributed by atoms with E-state index < -0.39 is 0 Å². The molecule has 28 heavy (non-hydrogen) atoms. The highest BCUT2D eigenvalue weighted by Crippen LogP contribution is 2.22. The topological polar surface area (TPSA) is 64.1 Å². The Balaban J connectivity index is 1.25. The second-order valence-electron chi connectivity index (χ2n) is 6.25. The van der Waals surface area contributed by atoms with Gasteiger partial charge in [-0.05, 0) is 33.8 Å². The number of carbonyl (C=O) groups excluding carboxylic acids is 1. The third-order valence-corrected chi connectivity index (χ3v) is 5.21. The first-order valence-corrected chi connectivity index (χ1v) is 9.91. The molecule has 140 valence electrons. The summed E-state index contributed by atoms with van der Waals surface area (Å²) in [4.78, 5) is 13.3. The van der Waals surface area contributed by atoms with Gasteiger partial charge in [-0.2, -0.15) is 0 Å². The summed E-state index contributed by atoms with van der Waals surface area (Å²) >= 11 is 1.62. The van der Waals surface area contributed by atoms with E-state index in [1.807, 2.05) is 53.9 Å². The van der Waals surface area contributed by atoms with Crippen LogP contribution in [0.3, 0.4) is 0 Å². The molecule has 1 N–H and O–H groups in total. The minimum Gasteiger partial charge on any atom is -0.475 e. The van der Waals surface area contributed by atoms with Crippen molar-refractivity contribution in [3.05, 3.63) is 77.7 Å². The molecule has 1 amide bonds. The Bertz CT molecular complexity index is 1060. The number of ether oxygens (including phenoxy) is 1. The lowest BCUT2D eigenvalue weighted by molar-refractivity contribution is -0.120. The molecule has 0 atom stereocenters. The summed E-state index contributed by atoms with van der Waals surface area (Å²) in [7, 11) is 0. The van der Waals surface area contributed by atoms with E-state index in [0.29, 0.717) is 25.5 Å². The number of fused-ring (bicyclic) bond motifs is 1. The van der Waals surface area contributed by atoms with Crippen molar-refractivity contribution in [3.8, 4) is 16.5 Å². The van der Waals surface area contributed by atoms with Crippen LogP contribution >= 0.6 is 11.3 Å². The predicted octanol–water partition coefficient (Wildman–Crippen LogP) is 4.10. The van der Waals surface area contributed by atoms with Gasteiger partial charge in [0.2, 0.25) is 11.8 Å². The van der Waals surface area contributed by atoms with Crippen LogP contribution in [0.1, 0.15) is 5.56 Å². The molecule has 0 aliphatic rings. The van der Waals surface area contributed by atoms with Crippen molar-refractivity contribution >= 4 is 28.0 Å². The van der Waals surface area contributed by atoms with Crippen molar-refractivity contribution in [3.63, 3.8) is 0 Å². The fourth-order valence-electron chi connectivity index (χ4n) is 2.98. The molecular formula is C22H19N3O2S. The van der Waals surface area contributed by atoms with Crippen molar-refractivity contribution in [2.24, 2.45) is 0 Å². The summed E-state index contributed by atoms with van der Waals surface area (Å²) in [6, 6.07) is 21.8. The molecule has 0 fully saturated rings. The van der Waals surface area contributed by atoms with Gasteiger partial charge in [-0.25, -0.2) is 0 Å². The van der Waals surface area contributed by atoms with E-state index in [4.69, 9.17) is 4.74 Å². The highest BCUT2D eigenvalue weighted by molar-refractivity contribution is 7.13. The van der Waals surface area contributed by atoms with E-state index in [2.05, 4.69) is 27.6 Å². The Morgan fingerprint density at radius 3 is 2.68 bits per heavy atom. The number of benzene rings is 2. The van der Waals surface area contributed by atoms with Gasteiger partial charge in [0.25, 0.3) is 0 Å². The SMILES string of the molecule is O=C(Cc1cccc2ccccc12)NCCOc1ccc(-c2cccs2)nn1. The van der Waals surface area contributed by atoms with Crippen LogP contribution in [-0.2, 0) is 11.2 Å². The molecule has 0 bridgehead atoms. The third-order valence-electron chi connectivity index (χ3n) is 4.32. The average molecular weight is 389 g/mol. The fraction of sp³-hybridized carbons (Fsp3) is 0.136. The van der Waals surface area contributed by atoms with Crippen LogP contribution in [-0.4, -0.2) is 29.3 Å². The van der Waals surface area contributed by atoms with Crippen molar-refractivity contribution in [1.29, 1.82) is 0 Å². The van der Waals surface area contributed by atoms with Crippen LogP contribution in [0.15, 0.2) is 72.1 Å². The number of hydrogen-bond acceptors (Lipinski definition) is 5. The fourth-order valence-corrected chi connectivity index (χ4v) is 3.67. The average Bonchev–Trinajstić information content (AvgIpc) is 3.27. The molecule has 0 unspecified atom stereocenters. The Morgan fingerprint density at radius 1 is 0.964 bits per heavy atom. The van der Waals surface area contributed by atoms with E-state index in [0.717, 1.165) is 26.9 Å². The van der Waals surface area contributed by atoms with Crippen molar-refractivity contribution < 1.29 is 9.53 Å². The molecule has 4 aromatic rings. The van der Waals surface area contributed by atoms with Crippen molar-refractivity contribution in [2.45, 2.75) is 6.42 Å². The zero-order valence-corrected chi connectivity index (χ0v) is 16.0. The van der Waals surface area contributed by atoms with Crippen LogP contribution in [0.5, 0.6) is 5.88 Å². The minimum absolute atomic E-state index is 0.0286. The van der Waals surface area contributed by atoms with Crippen LogP contribution in [0, 0.1) is 0 Å². The molecule has 0 radical (unpaired) electrons. The first-order valence-electron chi connectivity index (χ1n) is 9.03. The molecule has 2 aromatic carbocycles. The lowest BCUT2D eigenvalue weighted by atomic mass is 10.0. The number of carbonyl (C=O) groups is 1. The quantitative estimate of drug-likeness (QED) is 0.484. The van der Waals surface area contributed by atoms with E-state index in [1.165, 1.54) is 0 Å². The zero-order valence-electron chi connectivity index (χ0n) is 15.2. The summed E-state index contributed by atoms with van der Waals surface area (Å²) in [6.45, 7) is 0.756. The van der Waals surface area contributed by atoms with Crippen LogP contribution in [0.2, 0.25) is 0 Å². The molecule has 0 saturated heterocycles. The van der Waals surface area contributed by atoms with Gasteiger partial charge in [-0.15, -0.1) is 21.5 Å². The molecule has 0 aliphatic heterocycles. The Hall–Kier alpha value is -3.25. The smallest absolute Gasteiger partial charge is 0.233 e. The van der Waals surface area contributed by atoms with E-state index in [9.17, 15) is 4.79 Å². The molecule has 4 rings (SSSR count). The van der Waals surface area contributed by atoms with Gasteiger partial charge in [0.1, 0.15) is 12.3 Å². The number of amides is 1. The highest BCUT2D eigenvalue weighted by atomic mass is 32.1. The molecule has 2 heterocycles. The van der Waals surface area contributed by atoms with Crippen molar-refractivity contribution in [1.82, 2.24) is 15.5 Å². The third kappa shape index (κ3) is 4.35. The van der Waals surface area contributed by atoms with Gasteiger partial charge in [-0.3, -0.25) is 4.79 Å². The van der Waals surface area contributed by atoms with Crippen LogP contribution < -0.4 is 10.1 Å². The normalized spacial score (nSPS) is 10.7. The number of thiophene rings is 1. The van der Waals surface area contributed by atoms with Gasteiger partial charge in [-0.1, -0.05) is 48.5 Å². The largest absolute Gasteiger partial charge is 0.475 e. The van der Waals surface area contributed by atoms with Gasteiger partial charge in [0, 0.05) is 6.07 Å². The van der Waals surface area contributed by atoms with Crippen LogP contribution in [0.4, 0.5) is 0 Å². The zero-order chi connectivity index (χ0) is 19.2. The first kappa shape index (κ1) is 18.1. The molecule has 6 heteroatoms. The summed E-state index contributed by atoms with van der Waals surface area (Å²) < 4.78 is 5.56. The molecule has 0 saturated carbocycles. The standard InChI is InChI=1S/C22H19N3O2S/c26-21(15-17-7-3-6-16-5-1-2-8-18(16)17)23-12-13-27-22-11-10-19(24-25-22)20-9-4-14-28-20/h1-11,14H,12-13,15H2,(H,23,26). The maximum Gasteiger partial charge on any atom is 0.233 e. The summed E-state index contributed by atoms with van der Waals surface area (Å²) in [6.07, 6.45) is 0.344. The summed E-state index contributed by atoms with van der Waals surface area (Å²) in [5, 5.41) is 15.4. The van der Waals surface area contributed by atoms with E-state index in [-0.39, 0.29) is 5.91 Å². The molecular weight excluding hydrogens is 370 g/mol. The maximum absolute atomic E-state index is 12.3. The Morgan fingerprint density at radius 2 is 1.86 bits per heavy atom. The summed E-state index contributed by atoms with van der Waals surface area (Å²) in [5.74, 6) is 0.419. The number of nitrogens with one attached hydrogen (secondary N) is 1. The van der Waals surface area contributed by atoms with Gasteiger partial charge in [0.05, 0.1) is 17.8 Å². The number of rotatable bonds is 7. The van der Waals surface area contributed by atoms with Crippen LogP contribution in [0.25, 0.3) is 21.3 Å². The summed E-state index contributed by atoms with van der Waals surface area (Å²) in [5.41, 5.74) is 1.84. The molecule has 2 aromatic heterocycles. The lowest BCUT2D eigenvalue weighted by Gasteiger charge is -2.09. The first-order chi connectivity index (χ1) is 13.8. The lowest BCUT2D eigenvalue weighted by Crippen LogP contribution is -2.29. The monoisotopic (exact) mass is 389 g/mol. The Labute approximate surface area is 167 Å². The maximum atomic E-state index is 12.3. The number of hydrogen-bond donors (Lipinski definition) is 1. The second-order valence-corrected chi connectivity index (χ2v) is 7.20.